The van der Waals surface area contributed by atoms with E-state index in [1.807, 2.05) is 0 Å². The molecule has 1 N–H and O–H groups in total. The van der Waals surface area contributed by atoms with Crippen molar-refractivity contribution in [3.63, 3.8) is 0 Å². The Morgan fingerprint density at radius 3 is 1.31 bits per heavy atom. The van der Waals surface area contributed by atoms with Gasteiger partial charge < -0.3 is 9.84 Å². The van der Waals surface area contributed by atoms with Gasteiger partial charge in [-0.3, -0.25) is 0 Å². The minimum Gasteiger partial charge on any atom is -0.497 e. The zero-order valence-electron chi connectivity index (χ0n) is 20.2. The molecule has 0 bridgehead atoms. The van der Waals surface area contributed by atoms with Crippen LogP contribution < -0.4 is 4.74 Å². The van der Waals surface area contributed by atoms with Gasteiger partial charge in [-0.2, -0.15) is 74.6 Å². The zero-order valence-corrected chi connectivity index (χ0v) is 20.2. The number of ether oxygens (including phenoxy) is 1. The van der Waals surface area contributed by atoms with E-state index in [2.05, 4.69) is 0 Å². The highest BCUT2D eigenvalue weighted by Gasteiger charge is 2.95. The second-order valence-electron chi connectivity index (χ2n) is 8.71. The smallest absolute Gasteiger partial charge is 0.460 e. The summed E-state index contributed by atoms with van der Waals surface area (Å²) in [5.41, 5.74) is -2.30. The van der Waals surface area contributed by atoms with Gasteiger partial charge in [-0.1, -0.05) is 36.4 Å². The van der Waals surface area contributed by atoms with Crippen molar-refractivity contribution in [2.24, 2.45) is 0 Å². The molecule has 0 aliphatic rings. The quantitative estimate of drug-likeness (QED) is 0.249. The molecule has 0 spiro atoms. The average molecular weight is 646 g/mol. The second kappa shape index (κ2) is 10.6. The van der Waals surface area contributed by atoms with E-state index >= 15 is 0 Å². The summed E-state index contributed by atoms with van der Waals surface area (Å²) < 4.78 is 234. The number of rotatable bonds is 11. The molecule has 0 saturated heterocycles. The third-order valence-electron chi connectivity index (χ3n) is 5.97. The number of benzene rings is 2. The van der Waals surface area contributed by atoms with Gasteiger partial charge in [-0.05, 0) is 23.3 Å². The molecule has 0 aliphatic carbocycles. The maximum Gasteiger partial charge on any atom is 0.460 e. The van der Waals surface area contributed by atoms with Gasteiger partial charge in [0, 0.05) is 12.0 Å². The van der Waals surface area contributed by atoms with Crippen LogP contribution in [-0.2, 0) is 12.3 Å². The molecule has 2 aromatic carbocycles. The van der Waals surface area contributed by atoms with E-state index in [-0.39, 0.29) is 23.3 Å². The molecule has 1 unspecified atom stereocenters. The molecule has 2 nitrogen and oxygen atoms in total. The summed E-state index contributed by atoms with van der Waals surface area (Å²) in [5, 5.41) is 10.2. The van der Waals surface area contributed by atoms with Crippen molar-refractivity contribution < 1.29 is 84.5 Å². The van der Waals surface area contributed by atoms with Crippen molar-refractivity contribution in [2.45, 2.75) is 60.2 Å². The Balaban J connectivity index is 2.44. The van der Waals surface area contributed by atoms with Crippen molar-refractivity contribution in [3.8, 4) is 5.75 Å². The van der Waals surface area contributed by atoms with E-state index in [4.69, 9.17) is 4.74 Å². The van der Waals surface area contributed by atoms with Crippen LogP contribution in [0.1, 0.15) is 22.8 Å². The first-order chi connectivity index (χ1) is 18.6. The Labute approximate surface area is 223 Å². The van der Waals surface area contributed by atoms with E-state index < -0.39 is 65.7 Å². The number of alkyl halides is 17. The minimum absolute atomic E-state index is 0.122. The fourth-order valence-electron chi connectivity index (χ4n) is 3.36. The fraction of sp³-hybridized carbons (Fsp3) is 0.478. The van der Waals surface area contributed by atoms with E-state index in [1.165, 1.54) is 31.4 Å². The molecule has 0 aromatic heterocycles. The largest absolute Gasteiger partial charge is 0.497 e. The summed E-state index contributed by atoms with van der Waals surface area (Å²) in [6.45, 7) is 0. The van der Waals surface area contributed by atoms with Crippen molar-refractivity contribution in [2.75, 3.05) is 7.11 Å². The first kappa shape index (κ1) is 35.2. The maximum atomic E-state index is 14.4. The SMILES string of the molecule is COc1ccc(C(O)Cc2ccc(C(F)(F)C(F)(F)C(F)(F)C(F)(F)C(F)(F)C(F)(F)C(F)(F)C(F)(F)F)cc2)cc1. The number of hydrogen-bond acceptors (Lipinski definition) is 2. The molecular formula is C23H15F17O2. The lowest BCUT2D eigenvalue weighted by Crippen LogP contribution is -2.74. The van der Waals surface area contributed by atoms with Gasteiger partial charge in [0.05, 0.1) is 13.2 Å². The highest BCUT2D eigenvalue weighted by atomic mass is 19.4. The van der Waals surface area contributed by atoms with Crippen LogP contribution in [0.4, 0.5) is 74.6 Å². The van der Waals surface area contributed by atoms with Crippen molar-refractivity contribution >= 4 is 0 Å². The standard InChI is InChI=1S/C23H15F17O2/c1-42-14-8-4-12(5-9-14)15(41)10-11-2-6-13(7-3-11)16(24,25)17(26,27)18(28,29)19(30,31)20(32,33)21(34,35)22(36,37)23(38,39)40/h2-9,15,41H,10H2,1H3. The Kier molecular flexibility index (Phi) is 8.90. The van der Waals surface area contributed by atoms with E-state index in [0.29, 0.717) is 17.9 Å². The molecule has 42 heavy (non-hydrogen) atoms. The van der Waals surface area contributed by atoms with Crippen LogP contribution in [-0.4, -0.2) is 53.9 Å². The molecule has 19 heteroatoms. The number of aliphatic hydroxyl groups excluding tert-OH is 1. The van der Waals surface area contributed by atoms with Crippen molar-refractivity contribution in [3.05, 3.63) is 65.2 Å². The monoisotopic (exact) mass is 646 g/mol. The van der Waals surface area contributed by atoms with Crippen LogP contribution in [0.25, 0.3) is 0 Å². The summed E-state index contributed by atoms with van der Waals surface area (Å²) in [5.74, 6) is -56.5. The van der Waals surface area contributed by atoms with Gasteiger partial charge in [0.2, 0.25) is 0 Å². The van der Waals surface area contributed by atoms with Gasteiger partial charge in [0.1, 0.15) is 5.75 Å². The summed E-state index contributed by atoms with van der Waals surface area (Å²) in [7, 11) is 1.32. The molecule has 0 fully saturated rings. The highest BCUT2D eigenvalue weighted by Crippen LogP contribution is 2.65. The van der Waals surface area contributed by atoms with Crippen LogP contribution in [0.15, 0.2) is 48.5 Å². The van der Waals surface area contributed by atoms with Crippen LogP contribution >= 0.6 is 0 Å². The molecule has 238 valence electrons. The number of aliphatic hydroxyl groups is 1. The Hall–Kier alpha value is -2.99. The normalized spacial score (nSPS) is 15.5. The highest BCUT2D eigenvalue weighted by molar-refractivity contribution is 5.32. The molecule has 0 radical (unpaired) electrons. The van der Waals surface area contributed by atoms with Gasteiger partial charge in [0.15, 0.2) is 0 Å². The lowest BCUT2D eigenvalue weighted by Gasteiger charge is -2.42. The van der Waals surface area contributed by atoms with E-state index in [1.54, 1.807) is 0 Å². The second-order valence-corrected chi connectivity index (χ2v) is 8.71. The first-order valence-corrected chi connectivity index (χ1v) is 10.8. The van der Waals surface area contributed by atoms with Crippen LogP contribution in [0.5, 0.6) is 5.75 Å². The third-order valence-corrected chi connectivity index (χ3v) is 5.97. The van der Waals surface area contributed by atoms with Crippen molar-refractivity contribution in [1.82, 2.24) is 0 Å². The number of halogens is 17. The summed E-state index contributed by atoms with van der Waals surface area (Å²) >= 11 is 0. The lowest BCUT2D eigenvalue weighted by molar-refractivity contribution is -0.462. The fourth-order valence-corrected chi connectivity index (χ4v) is 3.36. The zero-order chi connectivity index (χ0) is 33.0. The number of hydrogen-bond donors (Lipinski definition) is 1. The average Bonchev–Trinajstić information content (AvgIpc) is 2.87. The first-order valence-electron chi connectivity index (χ1n) is 10.8. The Morgan fingerprint density at radius 1 is 0.548 bits per heavy atom. The third kappa shape index (κ3) is 5.21. The predicted molar refractivity (Wildman–Crippen MR) is 108 cm³/mol. The van der Waals surface area contributed by atoms with Crippen LogP contribution in [0.3, 0.4) is 0 Å². The molecule has 0 heterocycles. The van der Waals surface area contributed by atoms with Gasteiger partial charge in [0.25, 0.3) is 0 Å². The van der Waals surface area contributed by atoms with E-state index in [0.717, 1.165) is 0 Å². The molecule has 0 amide bonds. The van der Waals surface area contributed by atoms with Crippen LogP contribution in [0.2, 0.25) is 0 Å². The molecule has 1 atom stereocenters. The summed E-state index contributed by atoms with van der Waals surface area (Å²) in [6.07, 6.45) is -9.66. The molecule has 0 saturated carbocycles. The minimum atomic E-state index is -8.68. The maximum absolute atomic E-state index is 14.4. The Bertz CT molecular complexity index is 1220. The van der Waals surface area contributed by atoms with E-state index in [9.17, 15) is 79.7 Å². The topological polar surface area (TPSA) is 29.5 Å². The molecule has 0 aliphatic heterocycles. The molecule has 2 rings (SSSR count). The van der Waals surface area contributed by atoms with Crippen molar-refractivity contribution in [1.29, 1.82) is 0 Å². The lowest BCUT2D eigenvalue weighted by atomic mass is 9.87. The van der Waals surface area contributed by atoms with Crippen LogP contribution in [0, 0.1) is 0 Å². The van der Waals surface area contributed by atoms with Gasteiger partial charge >= 0.3 is 47.6 Å². The molecule has 2 aromatic rings. The molecular weight excluding hydrogens is 631 g/mol. The number of methoxy groups -OCH3 is 1. The Morgan fingerprint density at radius 2 is 0.929 bits per heavy atom. The van der Waals surface area contributed by atoms with Gasteiger partial charge in [-0.15, -0.1) is 0 Å². The van der Waals surface area contributed by atoms with Gasteiger partial charge in [-0.25, -0.2) is 0 Å². The predicted octanol–water partition coefficient (Wildman–Crippen LogP) is 8.44. The summed E-state index contributed by atoms with van der Waals surface area (Å²) in [4.78, 5) is 0. The summed E-state index contributed by atoms with van der Waals surface area (Å²) in [6, 6.07) is 6.17.